The van der Waals surface area contributed by atoms with Crippen LogP contribution in [-0.2, 0) is 0 Å². The van der Waals surface area contributed by atoms with Crippen LogP contribution in [0.1, 0.15) is 69.2 Å². The number of piperazine rings is 3. The quantitative estimate of drug-likeness (QED) is 0.0776. The highest BCUT2D eigenvalue weighted by Crippen LogP contribution is 2.30. The van der Waals surface area contributed by atoms with Gasteiger partial charge in [-0.2, -0.15) is 0 Å². The maximum Gasteiger partial charge on any atom is 0.263 e. The van der Waals surface area contributed by atoms with E-state index in [1.54, 1.807) is 42.9 Å². The van der Waals surface area contributed by atoms with Crippen LogP contribution in [0.25, 0.3) is 16.6 Å². The van der Waals surface area contributed by atoms with Gasteiger partial charge in [0.15, 0.2) is 0 Å². The standard InChI is InChI=1S/C42H53F2N4O5/c1-4-6-21-53-37-27-34(26-36(28-37)51-3)47-30-39(42(50)46(5-2)33-24-31(43)23-32(44)25-33)41(49)38-13-12-35(29-40(38)47)52-22-11-9-7-8-10-17-48-18-14-45(15-19-48)16-20-48/h12-13,23-30H,4-11,14-22H2,1-3H3/q+1. The van der Waals surface area contributed by atoms with E-state index in [-0.39, 0.29) is 17.8 Å². The van der Waals surface area contributed by atoms with Crippen molar-refractivity contribution in [3.05, 3.63) is 88.2 Å². The molecule has 4 aromatic rings. The van der Waals surface area contributed by atoms with E-state index in [1.807, 2.05) is 12.1 Å². The van der Waals surface area contributed by atoms with E-state index in [1.165, 1.54) is 80.7 Å². The summed E-state index contributed by atoms with van der Waals surface area (Å²) in [5.41, 5.74) is 0.501. The summed E-state index contributed by atoms with van der Waals surface area (Å²) in [6.45, 7) is 13.9. The van der Waals surface area contributed by atoms with Crippen molar-refractivity contribution in [2.75, 3.05) is 77.6 Å². The van der Waals surface area contributed by atoms with Crippen LogP contribution in [-0.4, -0.2) is 92.5 Å². The van der Waals surface area contributed by atoms with Crippen molar-refractivity contribution in [2.24, 2.45) is 0 Å². The van der Waals surface area contributed by atoms with Crippen LogP contribution in [0.5, 0.6) is 17.2 Å². The maximum absolute atomic E-state index is 14.2. The second kappa shape index (κ2) is 17.6. The topological polar surface area (TPSA) is 73.2 Å². The van der Waals surface area contributed by atoms with E-state index < -0.39 is 23.0 Å². The zero-order valence-electron chi connectivity index (χ0n) is 31.4. The number of halogens is 2. The lowest BCUT2D eigenvalue weighted by molar-refractivity contribution is -0.941. The van der Waals surface area contributed by atoms with Crippen LogP contribution in [0.2, 0.25) is 0 Å². The van der Waals surface area contributed by atoms with Gasteiger partial charge in [-0.05, 0) is 56.9 Å². The number of hydrogen-bond donors (Lipinski definition) is 0. The number of hydrogen-bond acceptors (Lipinski definition) is 6. The number of pyridine rings is 1. The van der Waals surface area contributed by atoms with Crippen LogP contribution in [0.15, 0.2) is 65.6 Å². The second-order valence-corrected chi connectivity index (χ2v) is 14.4. The van der Waals surface area contributed by atoms with Gasteiger partial charge in [-0.15, -0.1) is 0 Å². The van der Waals surface area contributed by atoms with E-state index in [4.69, 9.17) is 14.2 Å². The molecule has 0 unspecified atom stereocenters. The highest BCUT2D eigenvalue weighted by Gasteiger charge is 2.37. The van der Waals surface area contributed by atoms with Crippen LogP contribution in [0.3, 0.4) is 0 Å². The molecule has 11 heteroatoms. The Morgan fingerprint density at radius 1 is 0.792 bits per heavy atom. The number of amides is 1. The van der Waals surface area contributed by atoms with Gasteiger partial charge in [-0.1, -0.05) is 26.2 Å². The lowest BCUT2D eigenvalue weighted by atomic mass is 10.1. The first kappa shape index (κ1) is 38.3. The van der Waals surface area contributed by atoms with E-state index in [0.717, 1.165) is 43.9 Å². The number of benzene rings is 3. The number of ether oxygens (including phenoxy) is 3. The van der Waals surface area contributed by atoms with E-state index in [0.29, 0.717) is 47.1 Å². The van der Waals surface area contributed by atoms with Gasteiger partial charge in [0.2, 0.25) is 5.43 Å². The molecule has 3 aliphatic rings. The Kier molecular flexibility index (Phi) is 12.7. The SMILES string of the molecule is CCCCOc1cc(OC)cc(-n2cc(C(=O)N(CC)c3cc(F)cc(F)c3)c(=O)c3ccc(OCCCCCCC[N+]45CCN(CC4)CC5)cc32)c1. The molecule has 0 radical (unpaired) electrons. The molecule has 3 aromatic carbocycles. The Balaban J connectivity index is 1.23. The van der Waals surface area contributed by atoms with E-state index >= 15 is 0 Å². The molecule has 0 spiro atoms. The zero-order chi connectivity index (χ0) is 37.4. The number of carbonyl (C=O) groups excluding carboxylic acids is 1. The van der Waals surface area contributed by atoms with E-state index in [9.17, 15) is 18.4 Å². The molecule has 53 heavy (non-hydrogen) atoms. The first-order valence-corrected chi connectivity index (χ1v) is 19.2. The number of fused-ring (bicyclic) bond motifs is 4. The smallest absolute Gasteiger partial charge is 0.263 e. The lowest BCUT2D eigenvalue weighted by Gasteiger charge is -2.50. The zero-order valence-corrected chi connectivity index (χ0v) is 31.4. The van der Waals surface area contributed by atoms with Crippen LogP contribution < -0.4 is 24.5 Å². The molecule has 4 heterocycles. The molecular formula is C42H53F2N4O5+. The van der Waals surface area contributed by atoms with Crippen molar-refractivity contribution in [2.45, 2.75) is 58.8 Å². The summed E-state index contributed by atoms with van der Waals surface area (Å²) < 4.78 is 49.4. The van der Waals surface area contributed by atoms with Crippen LogP contribution in [0.4, 0.5) is 14.5 Å². The van der Waals surface area contributed by atoms with Crippen LogP contribution >= 0.6 is 0 Å². The minimum atomic E-state index is -0.819. The molecule has 3 saturated heterocycles. The highest BCUT2D eigenvalue weighted by molar-refractivity contribution is 6.07. The third-order valence-corrected chi connectivity index (χ3v) is 10.8. The van der Waals surface area contributed by atoms with Crippen molar-refractivity contribution in [1.82, 2.24) is 9.47 Å². The predicted molar refractivity (Wildman–Crippen MR) is 205 cm³/mol. The largest absolute Gasteiger partial charge is 0.497 e. The minimum absolute atomic E-state index is 0.0196. The molecule has 0 saturated carbocycles. The van der Waals surface area contributed by atoms with Gasteiger partial charge >= 0.3 is 0 Å². The maximum atomic E-state index is 14.2. The van der Waals surface area contributed by atoms with Crippen molar-refractivity contribution in [1.29, 1.82) is 0 Å². The number of nitrogens with zero attached hydrogens (tertiary/aromatic N) is 4. The molecule has 1 aromatic heterocycles. The third kappa shape index (κ3) is 9.19. The van der Waals surface area contributed by atoms with Crippen molar-refractivity contribution in [3.8, 4) is 22.9 Å². The third-order valence-electron chi connectivity index (χ3n) is 10.8. The number of rotatable bonds is 18. The number of anilines is 1. The summed E-state index contributed by atoms with van der Waals surface area (Å²) in [6.07, 6.45) is 9.03. The summed E-state index contributed by atoms with van der Waals surface area (Å²) in [5, 5.41) is 0.294. The Morgan fingerprint density at radius 3 is 2.15 bits per heavy atom. The van der Waals surface area contributed by atoms with Crippen molar-refractivity contribution in [3.63, 3.8) is 0 Å². The van der Waals surface area contributed by atoms with Gasteiger partial charge in [-0.25, -0.2) is 8.78 Å². The molecule has 3 fully saturated rings. The average molecular weight is 732 g/mol. The van der Waals surface area contributed by atoms with Gasteiger partial charge in [0.1, 0.15) is 34.4 Å². The van der Waals surface area contributed by atoms with Crippen LogP contribution in [0, 0.1) is 11.6 Å². The summed E-state index contributed by atoms with van der Waals surface area (Å²) in [7, 11) is 1.56. The fourth-order valence-corrected chi connectivity index (χ4v) is 7.61. The lowest BCUT2D eigenvalue weighted by Crippen LogP contribution is -2.67. The Labute approximate surface area is 311 Å². The van der Waals surface area contributed by atoms with Crippen molar-refractivity contribution >= 4 is 22.5 Å². The minimum Gasteiger partial charge on any atom is -0.497 e. The van der Waals surface area contributed by atoms with E-state index in [2.05, 4.69) is 11.8 Å². The summed E-state index contributed by atoms with van der Waals surface area (Å²) in [5.74, 6) is -0.593. The Hall–Kier alpha value is -4.48. The highest BCUT2D eigenvalue weighted by atomic mass is 19.1. The molecule has 284 valence electrons. The molecular weight excluding hydrogens is 678 g/mol. The number of carbonyl (C=O) groups is 1. The van der Waals surface area contributed by atoms with Gasteiger partial charge in [-0.3, -0.25) is 14.5 Å². The normalized spacial score (nSPS) is 17.9. The average Bonchev–Trinajstić information content (AvgIpc) is 3.16. The fraction of sp³-hybridized carbons (Fsp3) is 0.476. The molecule has 0 aliphatic carbocycles. The van der Waals surface area contributed by atoms with Gasteiger partial charge in [0.25, 0.3) is 5.91 Å². The first-order chi connectivity index (χ1) is 25.7. The monoisotopic (exact) mass is 731 g/mol. The second-order valence-electron chi connectivity index (χ2n) is 14.4. The number of unbranched alkanes of at least 4 members (excludes halogenated alkanes) is 5. The summed E-state index contributed by atoms with van der Waals surface area (Å²) in [4.78, 5) is 31.9. The molecule has 0 atom stereocenters. The molecule has 9 nitrogen and oxygen atoms in total. The Morgan fingerprint density at radius 2 is 1.45 bits per heavy atom. The predicted octanol–water partition coefficient (Wildman–Crippen LogP) is 7.60. The number of quaternary nitrogens is 1. The van der Waals surface area contributed by atoms with Crippen molar-refractivity contribution < 1.29 is 32.3 Å². The molecule has 7 rings (SSSR count). The van der Waals surface area contributed by atoms with Gasteiger partial charge < -0.3 is 28.2 Å². The molecule has 0 N–H and O–H groups in total. The van der Waals surface area contributed by atoms with Gasteiger partial charge in [0.05, 0.1) is 57.7 Å². The summed E-state index contributed by atoms with van der Waals surface area (Å²) >= 11 is 0. The summed E-state index contributed by atoms with van der Waals surface area (Å²) in [6, 6.07) is 13.6. The molecule has 2 bridgehead atoms. The Bertz CT molecular complexity index is 1910. The first-order valence-electron chi connectivity index (χ1n) is 19.2. The number of aromatic nitrogens is 1. The number of methoxy groups -OCH3 is 1. The molecule has 3 aliphatic heterocycles. The molecule has 1 amide bonds. The fourth-order valence-electron chi connectivity index (χ4n) is 7.61. The van der Waals surface area contributed by atoms with Gasteiger partial charge in [0, 0.05) is 73.8 Å².